The van der Waals surface area contributed by atoms with E-state index in [0.29, 0.717) is 38.2 Å². The van der Waals surface area contributed by atoms with E-state index in [1.165, 1.54) is 50.7 Å². The standard InChI is InChI=1S/C45H53FN6O6S/c1-42(2)10-8-31(36(23-42)44-26-43(3,27-44)28-44)25-50-14-16-51(17-15-50)32-4-6-35(39(21-32)58-33-20-30-9-13-47-40(30)48-24-33)41(53)49-59-34-5-7-38(37(22-34)52(54)55)57-29-45(46)11-18-56-19-12-45/h4-7,9,13,20-22,24H,8,10-12,14-19,23,25-29H2,1-3H3,(H,47,48)(H,49,53). The van der Waals surface area contributed by atoms with Crippen LogP contribution in [0.5, 0.6) is 17.2 Å². The summed E-state index contributed by atoms with van der Waals surface area (Å²) >= 11 is 0.941. The molecule has 4 heterocycles. The lowest BCUT2D eigenvalue weighted by molar-refractivity contribution is -0.386. The monoisotopic (exact) mass is 824 g/mol. The molecular formula is C45H53FN6O6S. The van der Waals surface area contributed by atoms with E-state index in [0.717, 1.165) is 61.4 Å². The largest absolute Gasteiger partial charge is 0.483 e. The van der Waals surface area contributed by atoms with Gasteiger partial charge >= 0.3 is 5.69 Å². The van der Waals surface area contributed by atoms with Crippen LogP contribution in [0, 0.1) is 26.4 Å². The lowest BCUT2D eigenvalue weighted by Crippen LogP contribution is -2.61. The van der Waals surface area contributed by atoms with E-state index >= 15 is 4.39 Å². The minimum atomic E-state index is -1.61. The van der Waals surface area contributed by atoms with Crippen molar-refractivity contribution < 1.29 is 28.3 Å². The molecule has 1 amide bonds. The van der Waals surface area contributed by atoms with Crippen molar-refractivity contribution in [2.45, 2.75) is 82.7 Å². The normalized spacial score (nSPS) is 24.9. The number of halogens is 1. The van der Waals surface area contributed by atoms with Crippen molar-refractivity contribution >= 4 is 40.3 Å². The van der Waals surface area contributed by atoms with Crippen molar-refractivity contribution in [2.75, 3.05) is 57.4 Å². The molecule has 2 bridgehead atoms. The second kappa shape index (κ2) is 15.4. The Balaban J connectivity index is 0.891. The van der Waals surface area contributed by atoms with Crippen LogP contribution in [0.3, 0.4) is 0 Å². The molecule has 5 fully saturated rings. The topological polar surface area (TPSA) is 135 Å². The summed E-state index contributed by atoms with van der Waals surface area (Å²) in [5.41, 5.74) is 5.03. The van der Waals surface area contributed by atoms with Crippen LogP contribution in [0.25, 0.3) is 11.0 Å². The van der Waals surface area contributed by atoms with Gasteiger partial charge in [0.1, 0.15) is 29.4 Å². The highest BCUT2D eigenvalue weighted by molar-refractivity contribution is 7.98. The number of alkyl halides is 1. The zero-order valence-electron chi connectivity index (χ0n) is 34.1. The Hall–Kier alpha value is -4.66. The lowest BCUT2D eigenvalue weighted by Gasteiger charge is -2.72. The number of aromatic amines is 1. The number of hydrogen-bond donors (Lipinski definition) is 2. The number of allylic oxidation sites excluding steroid dienone is 1. The highest BCUT2D eigenvalue weighted by Crippen LogP contribution is 2.77. The van der Waals surface area contributed by atoms with Crippen molar-refractivity contribution in [1.82, 2.24) is 19.6 Å². The highest BCUT2D eigenvalue weighted by Gasteiger charge is 2.66. The van der Waals surface area contributed by atoms with Crippen LogP contribution < -0.4 is 19.1 Å². The van der Waals surface area contributed by atoms with Crippen molar-refractivity contribution in [3.05, 3.63) is 87.7 Å². The first-order valence-corrected chi connectivity index (χ1v) is 21.7. The third-order valence-corrected chi connectivity index (χ3v) is 14.1. The van der Waals surface area contributed by atoms with Gasteiger partial charge in [-0.25, -0.2) is 9.37 Å². The van der Waals surface area contributed by atoms with Gasteiger partial charge in [0, 0.05) is 93.1 Å². The Kier molecular flexibility index (Phi) is 10.4. The number of piperazine rings is 1. The number of nitro groups is 1. The molecule has 12 nitrogen and oxygen atoms in total. The fraction of sp³-hybridized carbons (Fsp3) is 0.511. The molecule has 2 saturated heterocycles. The Bertz CT molecular complexity index is 2280. The smallest absolute Gasteiger partial charge is 0.312 e. The molecule has 2 aromatic heterocycles. The molecule has 2 aliphatic heterocycles. The second-order valence-electron chi connectivity index (χ2n) is 18.6. The molecule has 14 heteroatoms. The fourth-order valence-corrected chi connectivity index (χ4v) is 10.9. The van der Waals surface area contributed by atoms with Gasteiger partial charge in [-0.3, -0.25) is 24.5 Å². The molecule has 0 atom stereocenters. The van der Waals surface area contributed by atoms with Gasteiger partial charge in [-0.15, -0.1) is 0 Å². The number of aromatic nitrogens is 2. The number of rotatable bonds is 13. The number of nitro benzene ring substituents is 1. The number of nitrogens with one attached hydrogen (secondary N) is 2. The number of benzene rings is 2. The zero-order valence-corrected chi connectivity index (χ0v) is 34.9. The highest BCUT2D eigenvalue weighted by atomic mass is 32.2. The molecule has 10 rings (SSSR count). The van der Waals surface area contributed by atoms with E-state index < -0.39 is 16.5 Å². The number of pyridine rings is 1. The number of nitrogens with zero attached hydrogens (tertiary/aromatic N) is 4. The summed E-state index contributed by atoms with van der Waals surface area (Å²) < 4.78 is 35.2. The minimum Gasteiger partial charge on any atom is -0.483 e. The molecule has 0 radical (unpaired) electrons. The Labute approximate surface area is 348 Å². The van der Waals surface area contributed by atoms with Crippen molar-refractivity contribution in [3.8, 4) is 17.2 Å². The number of H-pyrrole nitrogens is 1. The SMILES string of the molecule is CC1(C)CCC(CN2CCN(c3ccc(C(=O)NSc4ccc(OCC5(F)CCOCC5)c([N+](=O)[O-])c4)c(Oc4cnc5[nH]ccc5c4)c3)CC2)=C(C23CC(C)(C2)C3)C1. The maximum absolute atomic E-state index is 15.1. The van der Waals surface area contributed by atoms with Crippen molar-refractivity contribution in [1.29, 1.82) is 0 Å². The van der Waals surface area contributed by atoms with Gasteiger partial charge < -0.3 is 24.1 Å². The molecule has 0 unspecified atom stereocenters. The van der Waals surface area contributed by atoms with Crippen LogP contribution in [0.15, 0.2) is 77.0 Å². The first-order valence-electron chi connectivity index (χ1n) is 20.9. The van der Waals surface area contributed by atoms with E-state index in [4.69, 9.17) is 14.2 Å². The van der Waals surface area contributed by atoms with Gasteiger partial charge in [0.15, 0.2) is 5.75 Å². The maximum atomic E-state index is 15.1. The van der Waals surface area contributed by atoms with Crippen LogP contribution in [0.4, 0.5) is 15.8 Å². The molecule has 4 aromatic rings. The maximum Gasteiger partial charge on any atom is 0.312 e. The summed E-state index contributed by atoms with van der Waals surface area (Å²) in [5, 5.41) is 12.9. The molecule has 4 aliphatic carbocycles. The molecule has 3 saturated carbocycles. The average Bonchev–Trinajstić information content (AvgIpc) is 3.67. The summed E-state index contributed by atoms with van der Waals surface area (Å²) in [6.07, 6.45) is 11.6. The Morgan fingerprint density at radius 3 is 2.54 bits per heavy atom. The van der Waals surface area contributed by atoms with Crippen LogP contribution in [0.1, 0.15) is 82.5 Å². The molecular weight excluding hydrogens is 772 g/mol. The minimum absolute atomic E-state index is 0.0339. The first-order chi connectivity index (χ1) is 28.3. The summed E-state index contributed by atoms with van der Waals surface area (Å²) in [6, 6.07) is 13.8. The fourth-order valence-electron chi connectivity index (χ4n) is 10.3. The van der Waals surface area contributed by atoms with Crippen molar-refractivity contribution in [2.24, 2.45) is 16.2 Å². The predicted octanol–water partition coefficient (Wildman–Crippen LogP) is 9.42. The van der Waals surface area contributed by atoms with Crippen LogP contribution in [-0.2, 0) is 4.74 Å². The first kappa shape index (κ1) is 39.8. The van der Waals surface area contributed by atoms with E-state index in [1.54, 1.807) is 29.5 Å². The number of ether oxygens (including phenoxy) is 3. The van der Waals surface area contributed by atoms with Gasteiger partial charge in [0.25, 0.3) is 5.91 Å². The lowest BCUT2D eigenvalue weighted by atomic mass is 9.33. The van der Waals surface area contributed by atoms with Crippen LogP contribution in [0.2, 0.25) is 0 Å². The molecule has 0 spiro atoms. The Morgan fingerprint density at radius 1 is 1.02 bits per heavy atom. The van der Waals surface area contributed by atoms with Gasteiger partial charge in [0.2, 0.25) is 0 Å². The van der Waals surface area contributed by atoms with Gasteiger partial charge in [-0.2, -0.15) is 0 Å². The van der Waals surface area contributed by atoms with Gasteiger partial charge in [0.05, 0.1) is 16.7 Å². The molecule has 2 aromatic carbocycles. The third-order valence-electron chi connectivity index (χ3n) is 13.3. The van der Waals surface area contributed by atoms with Crippen molar-refractivity contribution in [3.63, 3.8) is 0 Å². The Morgan fingerprint density at radius 2 is 1.80 bits per heavy atom. The number of hydrogen-bond acceptors (Lipinski definition) is 10. The van der Waals surface area contributed by atoms with Gasteiger partial charge in [-0.05, 0) is 103 Å². The summed E-state index contributed by atoms with van der Waals surface area (Å²) in [5.74, 6) is 0.389. The number of amides is 1. The molecule has 2 N–H and O–H groups in total. The predicted molar refractivity (Wildman–Crippen MR) is 226 cm³/mol. The number of carbonyl (C=O) groups excluding carboxylic acids is 1. The van der Waals surface area contributed by atoms with Gasteiger partial charge in [-0.1, -0.05) is 31.9 Å². The quantitative estimate of drug-likeness (QED) is 0.0581. The summed E-state index contributed by atoms with van der Waals surface area (Å²) in [4.78, 5) is 38.2. The number of carbonyl (C=O) groups is 1. The number of anilines is 1. The summed E-state index contributed by atoms with van der Waals surface area (Å²) in [6.45, 7) is 12.3. The van der Waals surface area contributed by atoms with Crippen LogP contribution in [-0.4, -0.2) is 83.9 Å². The molecule has 6 aliphatic rings. The summed E-state index contributed by atoms with van der Waals surface area (Å²) in [7, 11) is 0. The molecule has 59 heavy (non-hydrogen) atoms. The van der Waals surface area contributed by atoms with E-state index in [1.807, 2.05) is 30.5 Å². The van der Waals surface area contributed by atoms with Crippen LogP contribution >= 0.6 is 11.9 Å². The zero-order chi connectivity index (χ0) is 41.0. The third kappa shape index (κ3) is 8.28. The van der Waals surface area contributed by atoms with E-state index in [2.05, 4.69) is 45.3 Å². The van der Waals surface area contributed by atoms with E-state index in [9.17, 15) is 14.9 Å². The average molecular weight is 825 g/mol. The van der Waals surface area contributed by atoms with E-state index in [-0.39, 0.29) is 44.1 Å². The number of fused-ring (bicyclic) bond motifs is 1. The second-order valence-corrected chi connectivity index (χ2v) is 19.5. The molecule has 312 valence electrons.